The van der Waals surface area contributed by atoms with Gasteiger partial charge in [-0.2, -0.15) is 0 Å². The summed E-state index contributed by atoms with van der Waals surface area (Å²) in [5.41, 5.74) is 6.93. The first-order chi connectivity index (χ1) is 9.99. The molecule has 116 valence electrons. The van der Waals surface area contributed by atoms with Crippen molar-refractivity contribution < 1.29 is 29.2 Å². The fourth-order valence-electron chi connectivity index (χ4n) is 3.10. The number of rotatable bonds is 4. The molecule has 0 aromatic carbocycles. The predicted octanol–water partition coefficient (Wildman–Crippen LogP) is 0.0844. The first-order valence-electron chi connectivity index (χ1n) is 6.37. The number of azide groups is 1. The normalized spacial score (nSPS) is 37.8. The maximum absolute atomic E-state index is 11.8. The number of carbonyl (C=O) groups is 1. The molecule has 1 fully saturated rings. The van der Waals surface area contributed by atoms with E-state index in [2.05, 4.69) is 14.8 Å². The summed E-state index contributed by atoms with van der Waals surface area (Å²) < 4.78 is 15.2. The van der Waals surface area contributed by atoms with Gasteiger partial charge in [0.15, 0.2) is 0 Å². The minimum absolute atomic E-state index is 0.117. The van der Waals surface area contributed by atoms with Crippen LogP contribution in [0.3, 0.4) is 0 Å². The summed E-state index contributed by atoms with van der Waals surface area (Å²) >= 11 is 0. The van der Waals surface area contributed by atoms with E-state index in [1.165, 1.54) is 20.5 Å². The largest absolute Gasteiger partial charge is 0.472 e. The number of esters is 1. The Morgan fingerprint density at radius 1 is 1.67 bits per heavy atom. The highest BCUT2D eigenvalue weighted by Crippen LogP contribution is 2.49. The summed E-state index contributed by atoms with van der Waals surface area (Å²) in [4.78, 5) is 14.4. The van der Waals surface area contributed by atoms with Crippen molar-refractivity contribution in [2.75, 3.05) is 20.8 Å². The van der Waals surface area contributed by atoms with Gasteiger partial charge in [-0.1, -0.05) is 5.11 Å². The summed E-state index contributed by atoms with van der Waals surface area (Å²) in [6.07, 6.45) is -0.690. The van der Waals surface area contributed by atoms with Crippen LogP contribution in [0.5, 0.6) is 0 Å². The van der Waals surface area contributed by atoms with Gasteiger partial charge in [0.25, 0.3) is 0 Å². The molecule has 0 aromatic heterocycles. The topological polar surface area (TPSA) is 134 Å². The third-order valence-electron chi connectivity index (χ3n) is 4.13. The minimum atomic E-state index is -1.73. The number of fused-ring (bicyclic) bond motifs is 1. The van der Waals surface area contributed by atoms with E-state index < -0.39 is 35.8 Å². The van der Waals surface area contributed by atoms with Crippen LogP contribution < -0.4 is 0 Å². The molecule has 9 nitrogen and oxygen atoms in total. The van der Waals surface area contributed by atoms with Gasteiger partial charge in [-0.15, -0.1) is 0 Å². The van der Waals surface area contributed by atoms with Crippen LogP contribution in [0.1, 0.15) is 6.42 Å². The first kappa shape index (κ1) is 15.6. The third-order valence-corrected chi connectivity index (χ3v) is 4.13. The van der Waals surface area contributed by atoms with Crippen LogP contribution in [0.25, 0.3) is 10.4 Å². The molecule has 0 bridgehead atoms. The van der Waals surface area contributed by atoms with Crippen molar-refractivity contribution in [3.05, 3.63) is 22.3 Å². The number of hydrogen-bond acceptors (Lipinski definition) is 7. The number of methoxy groups -OCH3 is 2. The Hall–Kier alpha value is -1.80. The number of aliphatic hydroxyl groups is 2. The average molecular weight is 299 g/mol. The van der Waals surface area contributed by atoms with E-state index in [9.17, 15) is 15.0 Å². The molecule has 0 spiro atoms. The Kier molecular flexibility index (Phi) is 4.38. The van der Waals surface area contributed by atoms with Gasteiger partial charge in [-0.3, -0.25) is 0 Å². The lowest BCUT2D eigenvalue weighted by molar-refractivity contribution is -0.194. The molecule has 5 atom stereocenters. The number of nitrogens with zero attached hydrogens (tertiary/aromatic N) is 3. The van der Waals surface area contributed by atoms with E-state index in [1.807, 2.05) is 0 Å². The highest BCUT2D eigenvalue weighted by atomic mass is 16.7. The van der Waals surface area contributed by atoms with Crippen LogP contribution in [0.2, 0.25) is 0 Å². The van der Waals surface area contributed by atoms with E-state index in [0.29, 0.717) is 0 Å². The average Bonchev–Trinajstić information content (AvgIpc) is 2.76. The van der Waals surface area contributed by atoms with Gasteiger partial charge >= 0.3 is 5.97 Å². The molecule has 9 heteroatoms. The summed E-state index contributed by atoms with van der Waals surface area (Å²) in [5, 5.41) is 24.2. The van der Waals surface area contributed by atoms with Gasteiger partial charge in [0.2, 0.25) is 6.29 Å². The van der Waals surface area contributed by atoms with E-state index in [-0.39, 0.29) is 18.5 Å². The molecule has 0 radical (unpaired) electrons. The summed E-state index contributed by atoms with van der Waals surface area (Å²) in [6, 6.07) is 0. The SMILES string of the molecule is COC(=O)C1=COC(OC)C2C1CC(O)C2(O)CN=[N+]=[N-]. The zero-order chi connectivity index (χ0) is 15.6. The molecule has 1 heterocycles. The van der Waals surface area contributed by atoms with Crippen molar-refractivity contribution in [3.63, 3.8) is 0 Å². The van der Waals surface area contributed by atoms with Crippen molar-refractivity contribution in [3.8, 4) is 0 Å². The van der Waals surface area contributed by atoms with Gasteiger partial charge in [0.05, 0.1) is 37.5 Å². The van der Waals surface area contributed by atoms with E-state index >= 15 is 0 Å². The second-order valence-corrected chi connectivity index (χ2v) is 5.07. The lowest BCUT2D eigenvalue weighted by Crippen LogP contribution is -2.53. The predicted molar refractivity (Wildman–Crippen MR) is 68.5 cm³/mol. The number of ether oxygens (including phenoxy) is 3. The first-order valence-corrected chi connectivity index (χ1v) is 6.37. The van der Waals surface area contributed by atoms with Crippen LogP contribution in [0, 0.1) is 11.8 Å². The van der Waals surface area contributed by atoms with E-state index in [0.717, 1.165) is 0 Å². The maximum atomic E-state index is 11.8. The quantitative estimate of drug-likeness (QED) is 0.327. The fraction of sp³-hybridized carbons (Fsp3) is 0.750. The Morgan fingerprint density at radius 3 is 2.95 bits per heavy atom. The molecule has 2 aliphatic rings. The second kappa shape index (κ2) is 5.90. The molecule has 2 N–H and O–H groups in total. The summed E-state index contributed by atoms with van der Waals surface area (Å²) in [7, 11) is 2.62. The third kappa shape index (κ3) is 2.44. The van der Waals surface area contributed by atoms with Crippen LogP contribution in [-0.2, 0) is 19.0 Å². The van der Waals surface area contributed by atoms with Crippen molar-refractivity contribution in [2.45, 2.75) is 24.4 Å². The molecule has 0 aromatic rings. The fourth-order valence-corrected chi connectivity index (χ4v) is 3.10. The molecule has 0 amide bonds. The molecule has 21 heavy (non-hydrogen) atoms. The Labute approximate surface area is 120 Å². The summed E-state index contributed by atoms with van der Waals surface area (Å²) in [6.45, 7) is -0.344. The second-order valence-electron chi connectivity index (χ2n) is 5.07. The van der Waals surface area contributed by atoms with Gasteiger partial charge in [-0.05, 0) is 12.0 Å². The molecule has 5 unspecified atom stereocenters. The van der Waals surface area contributed by atoms with Crippen LogP contribution >= 0.6 is 0 Å². The molecule has 1 aliphatic carbocycles. The van der Waals surface area contributed by atoms with Crippen molar-refractivity contribution in [1.82, 2.24) is 0 Å². The molecule has 0 saturated heterocycles. The zero-order valence-electron chi connectivity index (χ0n) is 11.7. The minimum Gasteiger partial charge on any atom is -0.472 e. The molecular weight excluding hydrogens is 282 g/mol. The van der Waals surface area contributed by atoms with Crippen molar-refractivity contribution in [2.24, 2.45) is 17.0 Å². The van der Waals surface area contributed by atoms with Crippen LogP contribution in [0.15, 0.2) is 16.9 Å². The lowest BCUT2D eigenvalue weighted by Gasteiger charge is -2.39. The number of aliphatic hydroxyl groups excluding tert-OH is 1. The van der Waals surface area contributed by atoms with Crippen molar-refractivity contribution in [1.29, 1.82) is 0 Å². The smallest absolute Gasteiger partial charge is 0.337 e. The standard InChI is InChI=1S/C12H17N3O6/c1-19-10(17)7-4-21-11(20-2)9-6(7)3-8(16)12(9,18)5-14-15-13/h4,6,8-9,11,16,18H,3,5H2,1-2H3. The van der Waals surface area contributed by atoms with Gasteiger partial charge in [-0.25, -0.2) is 4.79 Å². The van der Waals surface area contributed by atoms with Gasteiger partial charge < -0.3 is 24.4 Å². The highest BCUT2D eigenvalue weighted by Gasteiger charge is 2.60. The number of hydrogen-bond donors (Lipinski definition) is 2. The van der Waals surface area contributed by atoms with Crippen LogP contribution in [-0.4, -0.2) is 54.9 Å². The Bertz CT molecular complexity index is 503. The monoisotopic (exact) mass is 299 g/mol. The van der Waals surface area contributed by atoms with Crippen LogP contribution in [0.4, 0.5) is 0 Å². The molecule has 1 aliphatic heterocycles. The highest BCUT2D eigenvalue weighted by molar-refractivity contribution is 5.89. The number of carbonyl (C=O) groups excluding carboxylic acids is 1. The summed E-state index contributed by atoms with van der Waals surface area (Å²) in [5.74, 6) is -1.85. The maximum Gasteiger partial charge on any atom is 0.337 e. The van der Waals surface area contributed by atoms with Crippen molar-refractivity contribution >= 4 is 5.97 Å². The Morgan fingerprint density at radius 2 is 2.38 bits per heavy atom. The van der Waals surface area contributed by atoms with Gasteiger partial charge in [0.1, 0.15) is 5.60 Å². The van der Waals surface area contributed by atoms with E-state index in [4.69, 9.17) is 15.0 Å². The molecule has 1 saturated carbocycles. The molecular formula is C12H17N3O6. The van der Waals surface area contributed by atoms with Gasteiger partial charge in [0, 0.05) is 17.9 Å². The van der Waals surface area contributed by atoms with E-state index in [1.54, 1.807) is 0 Å². The Balaban J connectivity index is 2.40. The zero-order valence-corrected chi connectivity index (χ0v) is 11.7. The molecule has 2 rings (SSSR count). The lowest BCUT2D eigenvalue weighted by atomic mass is 9.80.